The Hall–Kier alpha value is -2.69. The quantitative estimate of drug-likeness (QED) is 0.484. The number of thiazole rings is 1. The van der Waals surface area contributed by atoms with Crippen molar-refractivity contribution in [3.63, 3.8) is 0 Å². The molecule has 0 spiro atoms. The molecule has 0 aliphatic carbocycles. The van der Waals surface area contributed by atoms with E-state index in [1.54, 1.807) is 36.4 Å². The summed E-state index contributed by atoms with van der Waals surface area (Å²) in [6.07, 6.45) is 0. The monoisotopic (exact) mass is 557 g/mol. The van der Waals surface area contributed by atoms with E-state index in [2.05, 4.69) is 21.2 Å². The average Bonchev–Trinajstić information content (AvgIpc) is 3.24. The predicted molar refractivity (Wildman–Crippen MR) is 136 cm³/mol. The molecule has 1 aromatic heterocycles. The molecular formula is C24H20BrN3O4S2. The molecule has 3 aromatic rings. The fraction of sp³-hybridized carbons (Fsp3) is 0.250. The largest absolute Gasteiger partial charge is 0.325 e. The topological polar surface area (TPSA) is 88.5 Å². The smallest absolute Gasteiger partial charge is 0.308 e. The number of anilines is 2. The molecule has 1 fully saturated rings. The third-order valence-corrected chi connectivity index (χ3v) is 9.50. The molecule has 7 nitrogen and oxygen atoms in total. The summed E-state index contributed by atoms with van der Waals surface area (Å²) in [6.45, 7) is 3.62. The van der Waals surface area contributed by atoms with Gasteiger partial charge in [-0.3, -0.25) is 23.7 Å². The van der Waals surface area contributed by atoms with E-state index in [9.17, 15) is 19.2 Å². The van der Waals surface area contributed by atoms with Gasteiger partial charge in [-0.05, 0) is 36.4 Å². The molecule has 3 heterocycles. The average molecular weight is 558 g/mol. The molecule has 0 bridgehead atoms. The molecule has 2 aliphatic heterocycles. The van der Waals surface area contributed by atoms with E-state index in [0.717, 1.165) is 20.7 Å². The highest BCUT2D eigenvalue weighted by Gasteiger charge is 2.59. The standard InChI is InChI=1S/C24H20BrN3O4S2/c1-24(2)17-18(21(31)28(20(17)30)15-10-8-13(25)9-11-15)33-22-19(24)34-23(32)27(22)12-16(29)26-14-6-4-3-5-7-14/h3-11,17-18H,12H2,1-2H3,(H,26,29). The number of rotatable bonds is 4. The second-order valence-corrected chi connectivity index (χ2v) is 11.7. The zero-order chi connectivity index (χ0) is 24.2. The van der Waals surface area contributed by atoms with Crippen LogP contribution in [-0.2, 0) is 26.3 Å². The second kappa shape index (κ2) is 8.51. The Kier molecular flexibility index (Phi) is 5.78. The summed E-state index contributed by atoms with van der Waals surface area (Å²) >= 11 is 5.63. The maximum atomic E-state index is 13.5. The van der Waals surface area contributed by atoms with Gasteiger partial charge in [-0.25, -0.2) is 4.90 Å². The summed E-state index contributed by atoms with van der Waals surface area (Å²) < 4.78 is 2.27. The van der Waals surface area contributed by atoms with Gasteiger partial charge in [0.1, 0.15) is 11.8 Å². The van der Waals surface area contributed by atoms with Crippen molar-refractivity contribution in [3.05, 3.63) is 73.6 Å². The van der Waals surface area contributed by atoms with Crippen LogP contribution in [0.25, 0.3) is 0 Å². The molecular weight excluding hydrogens is 538 g/mol. The van der Waals surface area contributed by atoms with Crippen LogP contribution in [0.5, 0.6) is 0 Å². The molecule has 1 saturated heterocycles. The highest BCUT2D eigenvalue weighted by Crippen LogP contribution is 2.54. The Morgan fingerprint density at radius 2 is 1.71 bits per heavy atom. The predicted octanol–water partition coefficient (Wildman–Crippen LogP) is 4.25. The van der Waals surface area contributed by atoms with E-state index in [1.165, 1.54) is 21.2 Å². The third-order valence-electron chi connectivity index (χ3n) is 6.15. The summed E-state index contributed by atoms with van der Waals surface area (Å²) in [5, 5.41) is 2.71. The number of para-hydroxylation sites is 1. The molecule has 1 N–H and O–H groups in total. The van der Waals surface area contributed by atoms with Crippen molar-refractivity contribution in [2.45, 2.75) is 36.1 Å². The minimum atomic E-state index is -0.743. The Bertz CT molecular complexity index is 1370. The first kappa shape index (κ1) is 23.1. The lowest BCUT2D eigenvalue weighted by Gasteiger charge is -2.36. The Labute approximate surface area is 212 Å². The van der Waals surface area contributed by atoms with Crippen LogP contribution in [0.15, 0.2) is 68.9 Å². The van der Waals surface area contributed by atoms with Crippen LogP contribution in [-0.4, -0.2) is 27.5 Å². The number of nitrogens with zero attached hydrogens (tertiary/aromatic N) is 2. The number of benzene rings is 2. The van der Waals surface area contributed by atoms with Gasteiger partial charge in [0.25, 0.3) is 0 Å². The molecule has 3 amide bonds. The van der Waals surface area contributed by atoms with Crippen molar-refractivity contribution < 1.29 is 14.4 Å². The van der Waals surface area contributed by atoms with E-state index >= 15 is 0 Å². The molecule has 2 atom stereocenters. The highest BCUT2D eigenvalue weighted by atomic mass is 79.9. The lowest BCUT2D eigenvalue weighted by Crippen LogP contribution is -2.41. The molecule has 5 rings (SSSR count). The fourth-order valence-electron chi connectivity index (χ4n) is 4.48. The van der Waals surface area contributed by atoms with Gasteiger partial charge in [-0.1, -0.05) is 71.1 Å². The van der Waals surface area contributed by atoms with Crippen molar-refractivity contribution in [3.8, 4) is 0 Å². The summed E-state index contributed by atoms with van der Waals surface area (Å²) in [5.41, 5.74) is 0.416. The van der Waals surface area contributed by atoms with E-state index in [4.69, 9.17) is 0 Å². The first-order chi connectivity index (χ1) is 16.2. The Morgan fingerprint density at radius 1 is 1.03 bits per heavy atom. The van der Waals surface area contributed by atoms with Gasteiger partial charge in [-0.2, -0.15) is 0 Å². The number of fused-ring (bicyclic) bond motifs is 2. The van der Waals surface area contributed by atoms with E-state index in [-0.39, 0.29) is 29.1 Å². The van der Waals surface area contributed by atoms with E-state index in [0.29, 0.717) is 16.4 Å². The van der Waals surface area contributed by atoms with Crippen molar-refractivity contribution >= 4 is 68.1 Å². The van der Waals surface area contributed by atoms with Crippen LogP contribution in [0.1, 0.15) is 18.7 Å². The maximum absolute atomic E-state index is 13.5. The number of hydrogen-bond donors (Lipinski definition) is 1. The van der Waals surface area contributed by atoms with Gasteiger partial charge in [-0.15, -0.1) is 0 Å². The van der Waals surface area contributed by atoms with Crippen molar-refractivity contribution in [1.82, 2.24) is 4.57 Å². The third kappa shape index (κ3) is 3.73. The van der Waals surface area contributed by atoms with Crippen LogP contribution in [0, 0.1) is 5.92 Å². The number of nitrogens with one attached hydrogen (secondary N) is 1. The Balaban J connectivity index is 1.48. The van der Waals surface area contributed by atoms with Gasteiger partial charge < -0.3 is 5.32 Å². The first-order valence-electron chi connectivity index (χ1n) is 10.6. The van der Waals surface area contributed by atoms with Gasteiger partial charge in [0.15, 0.2) is 0 Å². The summed E-state index contributed by atoms with van der Waals surface area (Å²) in [6, 6.07) is 16.0. The SMILES string of the molecule is CC1(C)c2sc(=O)n(CC(=O)Nc3ccccc3)c2SC2C(=O)N(c3ccc(Br)cc3)C(=O)C21. The number of hydrogen-bond acceptors (Lipinski definition) is 6. The summed E-state index contributed by atoms with van der Waals surface area (Å²) in [4.78, 5) is 54.2. The number of thioether (sulfide) groups is 1. The lowest BCUT2D eigenvalue weighted by atomic mass is 9.76. The normalized spacial score (nSPS) is 20.7. The fourth-order valence-corrected chi connectivity index (χ4v) is 7.78. The molecule has 0 radical (unpaired) electrons. The van der Waals surface area contributed by atoms with Crippen molar-refractivity contribution in [1.29, 1.82) is 0 Å². The first-order valence-corrected chi connectivity index (χ1v) is 13.1. The molecule has 10 heteroatoms. The van der Waals surface area contributed by atoms with Gasteiger partial charge in [0.2, 0.25) is 17.7 Å². The Morgan fingerprint density at radius 3 is 2.38 bits per heavy atom. The number of carbonyl (C=O) groups is 3. The van der Waals surface area contributed by atoms with Gasteiger partial charge >= 0.3 is 4.87 Å². The van der Waals surface area contributed by atoms with E-state index in [1.807, 2.05) is 32.0 Å². The number of imide groups is 1. The molecule has 174 valence electrons. The van der Waals surface area contributed by atoms with Crippen LogP contribution < -0.4 is 15.1 Å². The van der Waals surface area contributed by atoms with Crippen LogP contribution in [0.2, 0.25) is 0 Å². The minimum Gasteiger partial charge on any atom is -0.325 e. The zero-order valence-electron chi connectivity index (χ0n) is 18.3. The van der Waals surface area contributed by atoms with E-state index < -0.39 is 16.6 Å². The van der Waals surface area contributed by atoms with Crippen LogP contribution in [0.3, 0.4) is 0 Å². The zero-order valence-corrected chi connectivity index (χ0v) is 21.5. The number of halogens is 1. The minimum absolute atomic E-state index is 0.168. The number of aromatic nitrogens is 1. The summed E-state index contributed by atoms with van der Waals surface area (Å²) in [5.74, 6) is -1.51. The molecule has 2 aliphatic rings. The van der Waals surface area contributed by atoms with Gasteiger partial charge in [0.05, 0.1) is 16.6 Å². The van der Waals surface area contributed by atoms with Crippen LogP contribution >= 0.6 is 39.0 Å². The molecule has 0 saturated carbocycles. The number of carbonyl (C=O) groups excluding carboxylic acids is 3. The van der Waals surface area contributed by atoms with Crippen LogP contribution in [0.4, 0.5) is 11.4 Å². The second-order valence-electron chi connectivity index (χ2n) is 8.73. The molecule has 2 aromatic carbocycles. The number of amides is 3. The highest BCUT2D eigenvalue weighted by molar-refractivity contribution is 9.10. The molecule has 2 unspecified atom stereocenters. The summed E-state index contributed by atoms with van der Waals surface area (Å²) in [7, 11) is 0. The maximum Gasteiger partial charge on any atom is 0.308 e. The lowest BCUT2D eigenvalue weighted by molar-refractivity contribution is -0.123. The van der Waals surface area contributed by atoms with Gasteiger partial charge in [0, 0.05) is 20.5 Å². The van der Waals surface area contributed by atoms with Crippen molar-refractivity contribution in [2.75, 3.05) is 10.2 Å². The van der Waals surface area contributed by atoms with Crippen molar-refractivity contribution in [2.24, 2.45) is 5.92 Å². The molecule has 34 heavy (non-hydrogen) atoms.